The Morgan fingerprint density at radius 3 is 2.50 bits per heavy atom. The number of aliphatic hydroxyl groups excluding tert-OH is 1. The smallest absolute Gasteiger partial charge is 0.0667 e. The van der Waals surface area contributed by atoms with Crippen molar-refractivity contribution in [2.24, 2.45) is 11.3 Å². The van der Waals surface area contributed by atoms with Gasteiger partial charge in [0.1, 0.15) is 0 Å². The minimum atomic E-state index is -0.209. The summed E-state index contributed by atoms with van der Waals surface area (Å²) in [5.41, 5.74) is 0.303. The summed E-state index contributed by atoms with van der Waals surface area (Å²) in [7, 11) is 0. The summed E-state index contributed by atoms with van der Waals surface area (Å²) in [5, 5.41) is 12.9. The first-order chi connectivity index (χ1) is 6.52. The van der Waals surface area contributed by atoms with Gasteiger partial charge in [-0.05, 0) is 12.3 Å². The summed E-state index contributed by atoms with van der Waals surface area (Å²) in [5.74, 6) is 0.564. The minimum absolute atomic E-state index is 0.209. The third kappa shape index (κ3) is 3.95. The molecule has 0 amide bonds. The second-order valence-electron chi connectivity index (χ2n) is 5.22. The van der Waals surface area contributed by atoms with E-state index in [9.17, 15) is 5.11 Å². The molecule has 0 radical (unpaired) electrons. The fraction of sp³-hybridized carbons (Fsp3) is 1.00. The van der Waals surface area contributed by atoms with Crippen LogP contribution in [-0.4, -0.2) is 37.5 Å². The Balaban J connectivity index is 2.02. The first kappa shape index (κ1) is 12.0. The lowest BCUT2D eigenvalue weighted by molar-refractivity contribution is -0.0996. The molecule has 0 aromatic carbocycles. The summed E-state index contributed by atoms with van der Waals surface area (Å²) in [4.78, 5) is 0. The van der Waals surface area contributed by atoms with Crippen LogP contribution in [0.2, 0.25) is 0 Å². The highest BCUT2D eigenvalue weighted by Crippen LogP contribution is 2.24. The summed E-state index contributed by atoms with van der Waals surface area (Å²) in [6, 6.07) is 0. The third-order valence-corrected chi connectivity index (χ3v) is 2.58. The molecule has 0 saturated carbocycles. The van der Waals surface area contributed by atoms with Gasteiger partial charge in [-0.2, -0.15) is 0 Å². The Morgan fingerprint density at radius 1 is 1.43 bits per heavy atom. The van der Waals surface area contributed by atoms with Crippen LogP contribution in [0, 0.1) is 11.3 Å². The molecule has 0 aromatic rings. The molecule has 1 saturated heterocycles. The largest absolute Gasteiger partial charge is 0.392 e. The van der Waals surface area contributed by atoms with Gasteiger partial charge in [0.15, 0.2) is 0 Å². The highest BCUT2D eigenvalue weighted by molar-refractivity contribution is 4.83. The van der Waals surface area contributed by atoms with Gasteiger partial charge >= 0.3 is 0 Å². The van der Waals surface area contributed by atoms with Crippen LogP contribution in [0.5, 0.6) is 0 Å². The van der Waals surface area contributed by atoms with E-state index >= 15 is 0 Å². The van der Waals surface area contributed by atoms with Gasteiger partial charge in [-0.25, -0.2) is 0 Å². The fourth-order valence-electron chi connectivity index (χ4n) is 1.72. The Bertz CT molecular complexity index is 167. The van der Waals surface area contributed by atoms with Crippen LogP contribution in [0.15, 0.2) is 0 Å². The van der Waals surface area contributed by atoms with Crippen molar-refractivity contribution in [2.45, 2.75) is 33.3 Å². The van der Waals surface area contributed by atoms with Crippen molar-refractivity contribution in [3.8, 4) is 0 Å². The standard InChI is InChI=1S/C11H23NO2/c1-9(2)4-10(13)5-12-6-11(3)7-14-8-11/h9-10,12-13H,4-8H2,1-3H3. The molecule has 0 spiro atoms. The van der Waals surface area contributed by atoms with Gasteiger partial charge < -0.3 is 15.2 Å². The van der Waals surface area contributed by atoms with Gasteiger partial charge in [-0.1, -0.05) is 20.8 Å². The monoisotopic (exact) mass is 201 g/mol. The molecule has 0 bridgehead atoms. The molecule has 84 valence electrons. The van der Waals surface area contributed by atoms with Gasteiger partial charge in [-0.15, -0.1) is 0 Å². The zero-order valence-corrected chi connectivity index (χ0v) is 9.55. The molecule has 0 aliphatic carbocycles. The van der Waals surface area contributed by atoms with Crippen LogP contribution in [0.4, 0.5) is 0 Å². The Kier molecular flexibility index (Phi) is 4.35. The molecular weight excluding hydrogens is 178 g/mol. The van der Waals surface area contributed by atoms with E-state index in [4.69, 9.17) is 4.74 Å². The van der Waals surface area contributed by atoms with Crippen LogP contribution in [0.25, 0.3) is 0 Å². The van der Waals surface area contributed by atoms with Crippen molar-refractivity contribution in [3.05, 3.63) is 0 Å². The maximum Gasteiger partial charge on any atom is 0.0667 e. The molecule has 1 unspecified atom stereocenters. The van der Waals surface area contributed by atoms with E-state index in [1.807, 2.05) is 0 Å². The highest BCUT2D eigenvalue weighted by Gasteiger charge is 2.32. The molecule has 1 aliphatic rings. The lowest BCUT2D eigenvalue weighted by Gasteiger charge is -2.38. The van der Waals surface area contributed by atoms with Crippen molar-refractivity contribution in [1.82, 2.24) is 5.32 Å². The SMILES string of the molecule is CC(C)CC(O)CNCC1(C)COC1. The molecule has 2 N–H and O–H groups in total. The highest BCUT2D eigenvalue weighted by atomic mass is 16.5. The van der Waals surface area contributed by atoms with Crippen molar-refractivity contribution in [3.63, 3.8) is 0 Å². The summed E-state index contributed by atoms with van der Waals surface area (Å²) in [6.45, 7) is 9.81. The maximum atomic E-state index is 9.61. The number of ether oxygens (including phenoxy) is 1. The topological polar surface area (TPSA) is 41.5 Å². The van der Waals surface area contributed by atoms with E-state index in [2.05, 4.69) is 26.1 Å². The Labute approximate surface area is 86.8 Å². The van der Waals surface area contributed by atoms with Crippen molar-refractivity contribution in [1.29, 1.82) is 0 Å². The predicted octanol–water partition coefficient (Wildman–Crippen LogP) is 1.02. The third-order valence-electron chi connectivity index (χ3n) is 2.58. The number of hydrogen-bond acceptors (Lipinski definition) is 3. The molecule has 1 aliphatic heterocycles. The Hall–Kier alpha value is -0.120. The van der Waals surface area contributed by atoms with E-state index in [0.717, 1.165) is 26.2 Å². The summed E-state index contributed by atoms with van der Waals surface area (Å²) < 4.78 is 5.16. The number of nitrogens with one attached hydrogen (secondary N) is 1. The zero-order chi connectivity index (χ0) is 10.6. The van der Waals surface area contributed by atoms with Crippen LogP contribution in [0.1, 0.15) is 27.2 Å². The molecule has 1 fully saturated rings. The van der Waals surface area contributed by atoms with E-state index in [-0.39, 0.29) is 6.10 Å². The average molecular weight is 201 g/mol. The van der Waals surface area contributed by atoms with E-state index in [0.29, 0.717) is 17.9 Å². The molecule has 3 heteroatoms. The minimum Gasteiger partial charge on any atom is -0.392 e. The van der Waals surface area contributed by atoms with E-state index < -0.39 is 0 Å². The molecular formula is C11H23NO2. The fourth-order valence-corrected chi connectivity index (χ4v) is 1.72. The summed E-state index contributed by atoms with van der Waals surface area (Å²) >= 11 is 0. The quantitative estimate of drug-likeness (QED) is 0.674. The second-order valence-corrected chi connectivity index (χ2v) is 5.22. The van der Waals surface area contributed by atoms with Crippen LogP contribution >= 0.6 is 0 Å². The lowest BCUT2D eigenvalue weighted by atomic mass is 9.88. The first-order valence-electron chi connectivity index (χ1n) is 5.48. The van der Waals surface area contributed by atoms with Gasteiger partial charge in [0.05, 0.1) is 19.3 Å². The maximum absolute atomic E-state index is 9.61. The van der Waals surface area contributed by atoms with Gasteiger partial charge in [0.2, 0.25) is 0 Å². The molecule has 3 nitrogen and oxygen atoms in total. The lowest BCUT2D eigenvalue weighted by Crippen LogP contribution is -2.48. The Morgan fingerprint density at radius 2 is 2.07 bits per heavy atom. The normalized spacial score (nSPS) is 22.1. The second kappa shape index (κ2) is 5.10. The first-order valence-corrected chi connectivity index (χ1v) is 5.48. The number of aliphatic hydroxyl groups is 1. The number of hydrogen-bond donors (Lipinski definition) is 2. The zero-order valence-electron chi connectivity index (χ0n) is 9.55. The molecule has 1 atom stereocenters. The van der Waals surface area contributed by atoms with E-state index in [1.165, 1.54) is 0 Å². The molecule has 1 heterocycles. The van der Waals surface area contributed by atoms with Crippen molar-refractivity contribution in [2.75, 3.05) is 26.3 Å². The number of rotatable bonds is 6. The van der Waals surface area contributed by atoms with E-state index in [1.54, 1.807) is 0 Å². The van der Waals surface area contributed by atoms with Crippen LogP contribution < -0.4 is 5.32 Å². The summed E-state index contributed by atoms with van der Waals surface area (Å²) in [6.07, 6.45) is 0.667. The van der Waals surface area contributed by atoms with Crippen LogP contribution in [-0.2, 0) is 4.74 Å². The van der Waals surface area contributed by atoms with Crippen molar-refractivity contribution >= 4 is 0 Å². The van der Waals surface area contributed by atoms with Gasteiger partial charge in [0, 0.05) is 18.5 Å². The molecule has 14 heavy (non-hydrogen) atoms. The van der Waals surface area contributed by atoms with Gasteiger partial charge in [0.25, 0.3) is 0 Å². The van der Waals surface area contributed by atoms with Crippen molar-refractivity contribution < 1.29 is 9.84 Å². The molecule has 0 aromatic heterocycles. The van der Waals surface area contributed by atoms with Gasteiger partial charge in [-0.3, -0.25) is 0 Å². The molecule has 1 rings (SSSR count). The van der Waals surface area contributed by atoms with Crippen LogP contribution in [0.3, 0.4) is 0 Å². The predicted molar refractivity (Wildman–Crippen MR) is 57.3 cm³/mol. The average Bonchev–Trinajstić information content (AvgIpc) is 1.99.